The van der Waals surface area contributed by atoms with Crippen LogP contribution >= 0.6 is 0 Å². The molecule has 3 fully saturated rings. The predicted octanol–water partition coefficient (Wildman–Crippen LogP) is 1.32. The molecular weight excluding hydrogens is 385 g/mol. The summed E-state index contributed by atoms with van der Waals surface area (Å²) in [5.41, 5.74) is 7.16. The first-order chi connectivity index (χ1) is 14.5. The molecule has 8 heteroatoms. The van der Waals surface area contributed by atoms with Crippen LogP contribution in [0.5, 0.6) is 0 Å². The highest BCUT2D eigenvalue weighted by atomic mass is 19.1. The summed E-state index contributed by atoms with van der Waals surface area (Å²) in [7, 11) is 0. The molecule has 5 atom stereocenters. The molecule has 30 heavy (non-hydrogen) atoms. The molecular formula is C22H34FN5O2. The van der Waals surface area contributed by atoms with E-state index in [1.165, 1.54) is 12.1 Å². The predicted molar refractivity (Wildman–Crippen MR) is 113 cm³/mol. The van der Waals surface area contributed by atoms with Crippen molar-refractivity contribution in [1.82, 2.24) is 26.5 Å². The highest BCUT2D eigenvalue weighted by Gasteiger charge is 2.39. The van der Waals surface area contributed by atoms with Crippen LogP contribution in [0.1, 0.15) is 38.7 Å². The SMILES string of the molecule is CC(C)C1CC(C2CC(C(=O)NC3CNN(Cc4cccc(F)c4)C3)NO2)CCN1. The van der Waals surface area contributed by atoms with Gasteiger partial charge in [-0.2, -0.15) is 5.48 Å². The van der Waals surface area contributed by atoms with Crippen LogP contribution in [0.15, 0.2) is 24.3 Å². The summed E-state index contributed by atoms with van der Waals surface area (Å²) in [6.45, 7) is 7.46. The quantitative estimate of drug-likeness (QED) is 0.557. The van der Waals surface area contributed by atoms with E-state index in [-0.39, 0.29) is 29.9 Å². The molecule has 3 saturated heterocycles. The molecule has 3 aliphatic heterocycles. The zero-order valence-electron chi connectivity index (χ0n) is 17.9. The van der Waals surface area contributed by atoms with Gasteiger partial charge in [-0.3, -0.25) is 15.1 Å². The van der Waals surface area contributed by atoms with Crippen molar-refractivity contribution in [2.45, 2.75) is 63.9 Å². The van der Waals surface area contributed by atoms with Gasteiger partial charge in [0.2, 0.25) is 5.91 Å². The van der Waals surface area contributed by atoms with Gasteiger partial charge in [0.25, 0.3) is 0 Å². The van der Waals surface area contributed by atoms with Gasteiger partial charge in [-0.15, -0.1) is 0 Å². The molecule has 4 N–H and O–H groups in total. The average molecular weight is 420 g/mol. The molecule has 3 aliphatic rings. The molecule has 4 rings (SSSR count). The zero-order valence-corrected chi connectivity index (χ0v) is 17.9. The maximum atomic E-state index is 13.4. The Bertz CT molecular complexity index is 733. The molecule has 1 aromatic rings. The molecule has 0 spiro atoms. The van der Waals surface area contributed by atoms with E-state index < -0.39 is 0 Å². The summed E-state index contributed by atoms with van der Waals surface area (Å²) < 4.78 is 13.4. The van der Waals surface area contributed by atoms with E-state index in [4.69, 9.17) is 4.84 Å². The summed E-state index contributed by atoms with van der Waals surface area (Å²) in [5, 5.41) is 8.73. The first kappa shape index (κ1) is 21.6. The molecule has 0 saturated carbocycles. The first-order valence-corrected chi connectivity index (χ1v) is 11.2. The van der Waals surface area contributed by atoms with Gasteiger partial charge < -0.3 is 10.6 Å². The fraction of sp³-hybridized carbons (Fsp3) is 0.682. The van der Waals surface area contributed by atoms with Gasteiger partial charge in [0.1, 0.15) is 11.9 Å². The van der Waals surface area contributed by atoms with Crippen molar-refractivity contribution in [3.8, 4) is 0 Å². The Morgan fingerprint density at radius 2 is 2.23 bits per heavy atom. The smallest absolute Gasteiger partial charge is 0.239 e. The van der Waals surface area contributed by atoms with Crippen molar-refractivity contribution >= 4 is 5.91 Å². The van der Waals surface area contributed by atoms with Crippen molar-refractivity contribution < 1.29 is 14.0 Å². The Labute approximate surface area is 178 Å². The van der Waals surface area contributed by atoms with Crippen LogP contribution in [0.3, 0.4) is 0 Å². The van der Waals surface area contributed by atoms with Crippen molar-refractivity contribution in [3.05, 3.63) is 35.6 Å². The monoisotopic (exact) mass is 419 g/mol. The number of hydrogen-bond donors (Lipinski definition) is 4. The van der Waals surface area contributed by atoms with E-state index >= 15 is 0 Å². The summed E-state index contributed by atoms with van der Waals surface area (Å²) in [6.07, 6.45) is 3.00. The van der Waals surface area contributed by atoms with Crippen LogP contribution in [0.25, 0.3) is 0 Å². The second kappa shape index (κ2) is 9.70. The average Bonchev–Trinajstić information content (AvgIpc) is 3.38. The summed E-state index contributed by atoms with van der Waals surface area (Å²) >= 11 is 0. The van der Waals surface area contributed by atoms with E-state index in [1.54, 1.807) is 6.07 Å². The van der Waals surface area contributed by atoms with Crippen LogP contribution < -0.4 is 21.5 Å². The van der Waals surface area contributed by atoms with Crippen LogP contribution in [-0.2, 0) is 16.2 Å². The zero-order chi connectivity index (χ0) is 21.1. The third-order valence-corrected chi connectivity index (χ3v) is 6.57. The summed E-state index contributed by atoms with van der Waals surface area (Å²) in [6, 6.07) is 6.85. The van der Waals surface area contributed by atoms with Gasteiger partial charge >= 0.3 is 0 Å². The third-order valence-electron chi connectivity index (χ3n) is 6.57. The lowest BCUT2D eigenvalue weighted by atomic mass is 9.82. The number of piperidine rings is 1. The van der Waals surface area contributed by atoms with Crippen LogP contribution in [0.2, 0.25) is 0 Å². The maximum Gasteiger partial charge on any atom is 0.239 e. The highest BCUT2D eigenvalue weighted by molar-refractivity contribution is 5.82. The number of carbonyl (C=O) groups is 1. The number of hydrazine groups is 1. The molecule has 0 bridgehead atoms. The third kappa shape index (κ3) is 5.36. The number of rotatable bonds is 6. The lowest BCUT2D eigenvalue weighted by Crippen LogP contribution is -2.47. The van der Waals surface area contributed by atoms with Gasteiger partial charge in [0.05, 0.1) is 12.1 Å². The number of amides is 1. The normalized spacial score (nSPS) is 32.6. The first-order valence-electron chi connectivity index (χ1n) is 11.2. The molecule has 0 aromatic heterocycles. The van der Waals surface area contributed by atoms with E-state index in [1.807, 2.05) is 11.1 Å². The Morgan fingerprint density at radius 1 is 1.37 bits per heavy atom. The van der Waals surface area contributed by atoms with E-state index in [0.717, 1.165) is 24.9 Å². The Morgan fingerprint density at radius 3 is 3.03 bits per heavy atom. The number of halogens is 1. The molecule has 7 nitrogen and oxygen atoms in total. The van der Waals surface area contributed by atoms with Crippen LogP contribution in [0, 0.1) is 17.7 Å². The largest absolute Gasteiger partial charge is 0.349 e. The number of nitrogens with one attached hydrogen (secondary N) is 4. The molecule has 0 radical (unpaired) electrons. The van der Waals surface area contributed by atoms with Crippen molar-refractivity contribution in [1.29, 1.82) is 0 Å². The van der Waals surface area contributed by atoms with Crippen LogP contribution in [-0.4, -0.2) is 54.8 Å². The molecule has 1 aromatic carbocycles. The number of nitrogens with zero attached hydrogens (tertiary/aromatic N) is 1. The van der Waals surface area contributed by atoms with Gasteiger partial charge in [0, 0.05) is 32.1 Å². The minimum absolute atomic E-state index is 0.00810. The van der Waals surface area contributed by atoms with Crippen LogP contribution in [0.4, 0.5) is 4.39 Å². The lowest BCUT2D eigenvalue weighted by Gasteiger charge is -2.34. The van der Waals surface area contributed by atoms with E-state index in [2.05, 4.69) is 35.4 Å². The minimum Gasteiger partial charge on any atom is -0.349 e. The van der Waals surface area contributed by atoms with E-state index in [9.17, 15) is 9.18 Å². The molecule has 166 valence electrons. The molecule has 0 aliphatic carbocycles. The summed E-state index contributed by atoms with van der Waals surface area (Å²) in [4.78, 5) is 18.6. The van der Waals surface area contributed by atoms with Gasteiger partial charge in [-0.1, -0.05) is 26.0 Å². The second-order valence-corrected chi connectivity index (χ2v) is 9.23. The minimum atomic E-state index is -0.306. The second-order valence-electron chi connectivity index (χ2n) is 9.23. The Balaban J connectivity index is 1.22. The fourth-order valence-corrected chi connectivity index (χ4v) is 4.78. The Hall–Kier alpha value is -1.58. The number of hydrogen-bond acceptors (Lipinski definition) is 6. The van der Waals surface area contributed by atoms with Crippen molar-refractivity contribution in [2.75, 3.05) is 19.6 Å². The lowest BCUT2D eigenvalue weighted by molar-refractivity contribution is -0.125. The summed E-state index contributed by atoms with van der Waals surface area (Å²) in [5.74, 6) is 0.850. The molecule has 3 heterocycles. The Kier molecular flexibility index (Phi) is 7.00. The fourth-order valence-electron chi connectivity index (χ4n) is 4.78. The van der Waals surface area contributed by atoms with Crippen molar-refractivity contribution in [2.24, 2.45) is 11.8 Å². The van der Waals surface area contributed by atoms with Crippen molar-refractivity contribution in [3.63, 3.8) is 0 Å². The standard InChI is InChI=1S/C22H34FN5O2/c1-14(2)19-9-16(6-7-24-19)21-10-20(27-30-21)22(29)26-18-11-25-28(13-18)12-15-4-3-5-17(23)8-15/h3-5,8,14,16,18-21,24-25,27H,6-7,9-13H2,1-2H3,(H,26,29). The number of benzene rings is 1. The highest BCUT2D eigenvalue weighted by Crippen LogP contribution is 2.29. The molecule has 1 amide bonds. The number of carbonyl (C=O) groups excluding carboxylic acids is 1. The van der Waals surface area contributed by atoms with E-state index in [0.29, 0.717) is 43.9 Å². The maximum absolute atomic E-state index is 13.4. The van der Waals surface area contributed by atoms with Gasteiger partial charge in [-0.25, -0.2) is 9.40 Å². The molecule has 5 unspecified atom stereocenters. The topological polar surface area (TPSA) is 77.7 Å². The van der Waals surface area contributed by atoms with Gasteiger partial charge in [0.15, 0.2) is 0 Å². The number of hydroxylamine groups is 1. The van der Waals surface area contributed by atoms with Gasteiger partial charge in [-0.05, 0) is 48.9 Å².